The molecule has 0 unspecified atom stereocenters. The van der Waals surface area contributed by atoms with E-state index in [1.165, 1.54) is 19.3 Å². The van der Waals surface area contributed by atoms with Crippen molar-refractivity contribution in [3.63, 3.8) is 0 Å². The lowest BCUT2D eigenvalue weighted by Gasteiger charge is -2.20. The van der Waals surface area contributed by atoms with Gasteiger partial charge in [-0.3, -0.25) is 9.89 Å². The molecule has 1 fully saturated rings. The predicted molar refractivity (Wildman–Crippen MR) is 81.8 cm³/mol. The molecule has 2 aromatic rings. The fourth-order valence-corrected chi connectivity index (χ4v) is 3.68. The predicted octanol–water partition coefficient (Wildman–Crippen LogP) is 3.97. The van der Waals surface area contributed by atoms with E-state index in [4.69, 9.17) is 0 Å². The molecule has 1 aliphatic carbocycles. The Morgan fingerprint density at radius 2 is 2.20 bits per heavy atom. The smallest absolute Gasteiger partial charge is 0.227 e. The minimum absolute atomic E-state index is 0.182. The van der Waals surface area contributed by atoms with Gasteiger partial charge in [0.2, 0.25) is 5.91 Å². The zero-order valence-corrected chi connectivity index (χ0v) is 12.4. The van der Waals surface area contributed by atoms with Crippen molar-refractivity contribution >= 4 is 22.9 Å². The van der Waals surface area contributed by atoms with Crippen molar-refractivity contribution < 1.29 is 4.79 Å². The Morgan fingerprint density at radius 1 is 1.40 bits per heavy atom. The van der Waals surface area contributed by atoms with E-state index in [2.05, 4.69) is 15.5 Å². The number of hydrogen-bond acceptors (Lipinski definition) is 3. The van der Waals surface area contributed by atoms with Gasteiger partial charge in [0.25, 0.3) is 0 Å². The summed E-state index contributed by atoms with van der Waals surface area (Å²) in [5.41, 5.74) is 1.94. The van der Waals surface area contributed by atoms with E-state index in [0.717, 1.165) is 34.0 Å². The monoisotopic (exact) mass is 289 g/mol. The third kappa shape index (κ3) is 2.77. The summed E-state index contributed by atoms with van der Waals surface area (Å²) in [6.07, 6.45) is 7.43. The van der Waals surface area contributed by atoms with Crippen LogP contribution in [-0.2, 0) is 4.79 Å². The molecule has 5 heteroatoms. The van der Waals surface area contributed by atoms with Gasteiger partial charge in [-0.1, -0.05) is 19.3 Å². The highest BCUT2D eigenvalue weighted by Gasteiger charge is 2.22. The van der Waals surface area contributed by atoms with Crippen molar-refractivity contribution in [3.05, 3.63) is 23.2 Å². The minimum Gasteiger partial charge on any atom is -0.325 e. The van der Waals surface area contributed by atoms with Crippen molar-refractivity contribution in [2.75, 3.05) is 5.32 Å². The fraction of sp³-hybridized carbons (Fsp3) is 0.467. The van der Waals surface area contributed by atoms with Crippen molar-refractivity contribution in [3.8, 4) is 10.6 Å². The van der Waals surface area contributed by atoms with Gasteiger partial charge in [0.1, 0.15) is 0 Å². The van der Waals surface area contributed by atoms with Crippen LogP contribution in [0.25, 0.3) is 10.6 Å². The number of aryl methyl sites for hydroxylation is 1. The number of nitrogens with one attached hydrogen (secondary N) is 2. The van der Waals surface area contributed by atoms with Gasteiger partial charge in [-0.2, -0.15) is 5.10 Å². The van der Waals surface area contributed by atoms with Crippen LogP contribution >= 0.6 is 11.3 Å². The minimum atomic E-state index is 0.182. The second kappa shape index (κ2) is 5.79. The highest BCUT2D eigenvalue weighted by Crippen LogP contribution is 2.34. The van der Waals surface area contributed by atoms with Crippen LogP contribution in [0, 0.1) is 12.8 Å². The summed E-state index contributed by atoms with van der Waals surface area (Å²) in [4.78, 5) is 14.5. The number of carbonyl (C=O) groups is 1. The Kier molecular flexibility index (Phi) is 3.87. The molecule has 2 heterocycles. The van der Waals surface area contributed by atoms with E-state index in [9.17, 15) is 4.79 Å². The van der Waals surface area contributed by atoms with Gasteiger partial charge in [0, 0.05) is 17.0 Å². The third-order valence-corrected chi connectivity index (χ3v) is 5.00. The van der Waals surface area contributed by atoms with Gasteiger partial charge in [-0.05, 0) is 31.9 Å². The zero-order valence-electron chi connectivity index (χ0n) is 11.6. The zero-order chi connectivity index (χ0) is 13.9. The standard InChI is InChI=1S/C15H19N3OS/c1-10-13(9-14(20-10)12-7-8-16-18-12)17-15(19)11-5-3-2-4-6-11/h7-9,11H,2-6H2,1H3,(H,16,18)(H,17,19). The van der Waals surface area contributed by atoms with Crippen molar-refractivity contribution in [2.24, 2.45) is 5.92 Å². The molecule has 1 amide bonds. The summed E-state index contributed by atoms with van der Waals surface area (Å²) in [5, 5.41) is 10.0. The summed E-state index contributed by atoms with van der Waals surface area (Å²) in [6, 6.07) is 3.98. The molecule has 4 nitrogen and oxygen atoms in total. The van der Waals surface area contributed by atoms with Crippen molar-refractivity contribution in [2.45, 2.75) is 39.0 Å². The highest BCUT2D eigenvalue weighted by molar-refractivity contribution is 7.16. The van der Waals surface area contributed by atoms with Crippen LogP contribution in [-0.4, -0.2) is 16.1 Å². The first-order valence-electron chi connectivity index (χ1n) is 7.15. The van der Waals surface area contributed by atoms with Gasteiger partial charge in [0.15, 0.2) is 0 Å². The molecule has 0 spiro atoms. The maximum Gasteiger partial charge on any atom is 0.227 e. The SMILES string of the molecule is Cc1sc(-c2ccn[nH]2)cc1NC(=O)C1CCCCC1. The molecule has 20 heavy (non-hydrogen) atoms. The molecule has 3 rings (SSSR count). The van der Waals surface area contributed by atoms with Crippen LogP contribution in [0.3, 0.4) is 0 Å². The quantitative estimate of drug-likeness (QED) is 0.898. The van der Waals surface area contributed by atoms with Gasteiger partial charge in [-0.15, -0.1) is 11.3 Å². The Bertz CT molecular complexity index is 582. The Hall–Kier alpha value is -1.62. The lowest BCUT2D eigenvalue weighted by Crippen LogP contribution is -2.24. The average molecular weight is 289 g/mol. The van der Waals surface area contributed by atoms with Crippen LogP contribution in [0.4, 0.5) is 5.69 Å². The van der Waals surface area contributed by atoms with Gasteiger partial charge >= 0.3 is 0 Å². The van der Waals surface area contributed by atoms with E-state index in [1.54, 1.807) is 17.5 Å². The normalized spacial score (nSPS) is 16.2. The summed E-state index contributed by atoms with van der Waals surface area (Å²) >= 11 is 1.67. The molecule has 0 bridgehead atoms. The number of aromatic nitrogens is 2. The molecule has 0 aromatic carbocycles. The first-order chi connectivity index (χ1) is 9.74. The average Bonchev–Trinajstić information content (AvgIpc) is 3.10. The Morgan fingerprint density at radius 3 is 2.90 bits per heavy atom. The molecular weight excluding hydrogens is 270 g/mol. The number of aromatic amines is 1. The molecular formula is C15H19N3OS. The van der Waals surface area contributed by atoms with E-state index >= 15 is 0 Å². The van der Waals surface area contributed by atoms with Gasteiger partial charge in [-0.25, -0.2) is 0 Å². The number of hydrogen-bond donors (Lipinski definition) is 2. The van der Waals surface area contributed by atoms with Crippen LogP contribution < -0.4 is 5.32 Å². The van der Waals surface area contributed by atoms with Gasteiger partial charge in [0.05, 0.1) is 16.3 Å². The third-order valence-electron chi connectivity index (χ3n) is 3.92. The van der Waals surface area contributed by atoms with E-state index in [1.807, 2.05) is 19.1 Å². The number of amides is 1. The number of nitrogens with zero attached hydrogens (tertiary/aromatic N) is 1. The first kappa shape index (κ1) is 13.4. The molecule has 0 radical (unpaired) electrons. The number of anilines is 1. The molecule has 106 valence electrons. The fourth-order valence-electron chi connectivity index (χ4n) is 2.73. The Balaban J connectivity index is 1.72. The Labute approximate surface area is 122 Å². The molecule has 2 aromatic heterocycles. The summed E-state index contributed by atoms with van der Waals surface area (Å²) in [5.74, 6) is 0.375. The molecule has 0 aliphatic heterocycles. The van der Waals surface area contributed by atoms with Crippen LogP contribution in [0.2, 0.25) is 0 Å². The molecule has 1 saturated carbocycles. The number of rotatable bonds is 3. The van der Waals surface area contributed by atoms with E-state index in [-0.39, 0.29) is 11.8 Å². The van der Waals surface area contributed by atoms with E-state index < -0.39 is 0 Å². The lowest BCUT2D eigenvalue weighted by molar-refractivity contribution is -0.120. The van der Waals surface area contributed by atoms with Crippen LogP contribution in [0.15, 0.2) is 18.3 Å². The maximum absolute atomic E-state index is 12.3. The van der Waals surface area contributed by atoms with Crippen molar-refractivity contribution in [1.29, 1.82) is 0 Å². The van der Waals surface area contributed by atoms with E-state index in [0.29, 0.717) is 0 Å². The second-order valence-corrected chi connectivity index (χ2v) is 6.63. The molecule has 2 N–H and O–H groups in total. The molecule has 0 atom stereocenters. The number of carbonyl (C=O) groups excluding carboxylic acids is 1. The first-order valence-corrected chi connectivity index (χ1v) is 7.97. The van der Waals surface area contributed by atoms with Gasteiger partial charge < -0.3 is 5.32 Å². The lowest BCUT2D eigenvalue weighted by atomic mass is 9.88. The summed E-state index contributed by atoms with van der Waals surface area (Å²) < 4.78 is 0. The number of H-pyrrole nitrogens is 1. The topological polar surface area (TPSA) is 57.8 Å². The van der Waals surface area contributed by atoms with Crippen LogP contribution in [0.5, 0.6) is 0 Å². The highest BCUT2D eigenvalue weighted by atomic mass is 32.1. The summed E-state index contributed by atoms with van der Waals surface area (Å²) in [6.45, 7) is 2.04. The van der Waals surface area contributed by atoms with Crippen LogP contribution in [0.1, 0.15) is 37.0 Å². The summed E-state index contributed by atoms with van der Waals surface area (Å²) in [7, 11) is 0. The maximum atomic E-state index is 12.3. The molecule has 1 aliphatic rings. The largest absolute Gasteiger partial charge is 0.325 e. The number of thiophene rings is 1. The second-order valence-electron chi connectivity index (χ2n) is 5.38. The molecule has 0 saturated heterocycles. The van der Waals surface area contributed by atoms with Crippen molar-refractivity contribution in [1.82, 2.24) is 10.2 Å².